The van der Waals surface area contributed by atoms with Crippen LogP contribution in [0.3, 0.4) is 0 Å². The number of rotatable bonds is 12. The number of carboxylic acid groups (broad SMARTS) is 1. The molecule has 4 aromatic carbocycles. The van der Waals surface area contributed by atoms with Gasteiger partial charge in [-0.15, -0.1) is 15.3 Å². The summed E-state index contributed by atoms with van der Waals surface area (Å²) >= 11 is 0. The van der Waals surface area contributed by atoms with E-state index < -0.39 is 103 Å². The Morgan fingerprint density at radius 3 is 2.06 bits per heavy atom. The van der Waals surface area contributed by atoms with Gasteiger partial charge in [0.15, 0.2) is 21.3 Å². The average molecular weight is 793 g/mol. The number of aromatic carboxylic acids is 1. The monoisotopic (exact) mass is 792 g/mol. The molecule has 1 aromatic heterocycles. The van der Waals surface area contributed by atoms with Gasteiger partial charge in [0.2, 0.25) is 11.6 Å². The lowest BCUT2D eigenvalue weighted by molar-refractivity contribution is 0.0690. The number of methoxy groups -OCH3 is 1. The quantitative estimate of drug-likeness (QED) is 0.0694. The maximum Gasteiger partial charge on any atom is 0.358 e. The number of ether oxygens (including phenoxy) is 1. The lowest BCUT2D eigenvalue weighted by Crippen LogP contribution is -2.11. The highest BCUT2D eigenvalue weighted by Crippen LogP contribution is 2.44. The van der Waals surface area contributed by atoms with E-state index >= 15 is 0 Å². The number of fused-ring (bicyclic) bond motifs is 1. The summed E-state index contributed by atoms with van der Waals surface area (Å²) in [6, 6.07) is 10.4. The number of carboxylic acids is 1. The number of phenolic OH excluding ortho intramolecular Hbond substituents is 2. The van der Waals surface area contributed by atoms with Crippen LogP contribution in [0.5, 0.6) is 23.1 Å². The molecule has 0 bridgehead atoms. The van der Waals surface area contributed by atoms with Crippen LogP contribution in [-0.4, -0.2) is 95.1 Å². The average Bonchev–Trinajstić information content (AvgIpc) is 3.42. The van der Waals surface area contributed by atoms with E-state index in [-0.39, 0.29) is 27.9 Å². The predicted molar refractivity (Wildman–Crippen MR) is 180 cm³/mol. The predicted octanol–water partition coefficient (Wildman–Crippen LogP) is 3.94. The number of nitrogens with zero attached hydrogens (tertiary/aromatic N) is 6. The standard InChI is InChI=1S/C29H24N6O15S3/c1-50-21-12-19(20(37)13-22(21)51(42,43)9-8-36)31-32-24-23(53(47,48)49)10-14-2-3-15(11-18(14)27(24)38)30-33-25-26(29(40)41)34-35(28(25)39)16-4-6-17(7-5-16)52(44,45)46/h2-7,10-13,36-39H,8-9H2,1H3,(H,40,41)(H,44,45,46)(H,47,48,49). The molecule has 0 radical (unpaired) electrons. The molecule has 0 saturated heterocycles. The van der Waals surface area contributed by atoms with Gasteiger partial charge in [-0.1, -0.05) is 6.07 Å². The van der Waals surface area contributed by atoms with Gasteiger partial charge in [-0.05, 0) is 47.9 Å². The molecule has 0 spiro atoms. The molecule has 0 aliphatic carbocycles. The van der Waals surface area contributed by atoms with Gasteiger partial charge in [-0.2, -0.15) is 31.7 Å². The highest BCUT2D eigenvalue weighted by Gasteiger charge is 2.26. The van der Waals surface area contributed by atoms with Crippen molar-refractivity contribution in [2.45, 2.75) is 14.7 Å². The minimum Gasteiger partial charge on any atom is -0.506 e. The Labute approximate surface area is 297 Å². The van der Waals surface area contributed by atoms with Crippen molar-refractivity contribution in [3.05, 3.63) is 66.4 Å². The molecule has 278 valence electrons. The normalized spacial score (nSPS) is 12.6. The Kier molecular flexibility index (Phi) is 10.2. The van der Waals surface area contributed by atoms with Crippen LogP contribution < -0.4 is 4.74 Å². The summed E-state index contributed by atoms with van der Waals surface area (Å²) in [5.74, 6) is -5.17. The molecule has 1 heterocycles. The molecular formula is C29H24N6O15S3. The largest absolute Gasteiger partial charge is 0.506 e. The number of hydrogen-bond acceptors (Lipinski definition) is 17. The minimum absolute atomic E-state index is 0.00576. The van der Waals surface area contributed by atoms with Crippen molar-refractivity contribution in [3.63, 3.8) is 0 Å². The molecule has 7 N–H and O–H groups in total. The summed E-state index contributed by atoms with van der Waals surface area (Å²) in [5, 5.41) is 69.8. The molecule has 0 atom stereocenters. The van der Waals surface area contributed by atoms with Crippen LogP contribution in [0, 0.1) is 0 Å². The number of aromatic hydroxyl groups is 3. The van der Waals surface area contributed by atoms with Crippen LogP contribution in [0.4, 0.5) is 22.7 Å². The lowest BCUT2D eigenvalue weighted by atomic mass is 10.1. The van der Waals surface area contributed by atoms with Crippen molar-refractivity contribution in [1.29, 1.82) is 0 Å². The molecule has 0 aliphatic rings. The van der Waals surface area contributed by atoms with Gasteiger partial charge in [-0.3, -0.25) is 9.11 Å². The Morgan fingerprint density at radius 2 is 1.47 bits per heavy atom. The smallest absolute Gasteiger partial charge is 0.358 e. The molecule has 53 heavy (non-hydrogen) atoms. The molecule has 0 unspecified atom stereocenters. The van der Waals surface area contributed by atoms with Crippen molar-refractivity contribution in [2.24, 2.45) is 20.5 Å². The van der Waals surface area contributed by atoms with Crippen molar-refractivity contribution in [2.75, 3.05) is 19.5 Å². The van der Waals surface area contributed by atoms with Crippen LogP contribution in [-0.2, 0) is 30.1 Å². The molecule has 5 aromatic rings. The fourth-order valence-corrected chi connectivity index (χ4v) is 7.06. The zero-order valence-electron chi connectivity index (χ0n) is 26.5. The first kappa shape index (κ1) is 38.2. The minimum atomic E-state index is -5.09. The Bertz CT molecular complexity index is 2690. The highest BCUT2D eigenvalue weighted by atomic mass is 32.2. The van der Waals surface area contributed by atoms with Crippen LogP contribution in [0.1, 0.15) is 10.5 Å². The summed E-state index contributed by atoms with van der Waals surface area (Å²) in [5.41, 5.74) is -2.87. The molecule has 24 heteroatoms. The van der Waals surface area contributed by atoms with E-state index in [0.717, 1.165) is 55.6 Å². The maximum absolute atomic E-state index is 12.5. The van der Waals surface area contributed by atoms with Gasteiger partial charge in [0.05, 0.1) is 35.7 Å². The topological polar surface area (TPSA) is 338 Å². The van der Waals surface area contributed by atoms with Crippen molar-refractivity contribution >= 4 is 69.6 Å². The van der Waals surface area contributed by atoms with Gasteiger partial charge < -0.3 is 30.3 Å². The Hall–Kier alpha value is -6.05. The number of aromatic nitrogens is 2. The summed E-state index contributed by atoms with van der Waals surface area (Å²) in [6.07, 6.45) is 0. The number of azo groups is 2. The number of hydrogen-bond donors (Lipinski definition) is 7. The van der Waals surface area contributed by atoms with Gasteiger partial charge in [0.25, 0.3) is 20.2 Å². The molecule has 5 rings (SSSR count). The first-order valence-corrected chi connectivity index (χ1v) is 18.8. The third-order valence-corrected chi connectivity index (χ3v) is 10.7. The second kappa shape index (κ2) is 14.2. The van der Waals surface area contributed by atoms with E-state index in [4.69, 9.17) is 9.84 Å². The second-order valence-corrected chi connectivity index (χ2v) is 15.5. The lowest BCUT2D eigenvalue weighted by Gasteiger charge is -2.11. The first-order chi connectivity index (χ1) is 24.8. The van der Waals surface area contributed by atoms with E-state index in [1.165, 1.54) is 12.1 Å². The highest BCUT2D eigenvalue weighted by molar-refractivity contribution is 7.91. The number of phenols is 2. The molecule has 0 saturated carbocycles. The number of benzene rings is 4. The van der Waals surface area contributed by atoms with Gasteiger partial charge in [0.1, 0.15) is 32.7 Å². The molecule has 0 fully saturated rings. The third kappa shape index (κ3) is 7.76. The summed E-state index contributed by atoms with van der Waals surface area (Å²) in [4.78, 5) is 10.0. The Balaban J connectivity index is 1.58. The molecule has 0 amide bonds. The van der Waals surface area contributed by atoms with Gasteiger partial charge in [-0.25, -0.2) is 13.2 Å². The van der Waals surface area contributed by atoms with E-state index in [0.29, 0.717) is 4.68 Å². The second-order valence-electron chi connectivity index (χ2n) is 10.6. The number of aliphatic hydroxyl groups excluding tert-OH is 1. The molecule has 21 nitrogen and oxygen atoms in total. The fraction of sp³-hybridized carbons (Fsp3) is 0.103. The van der Waals surface area contributed by atoms with Crippen LogP contribution >= 0.6 is 0 Å². The molecule has 0 aliphatic heterocycles. The number of aliphatic hydroxyl groups is 1. The van der Waals surface area contributed by atoms with Gasteiger partial charge in [0, 0.05) is 17.5 Å². The van der Waals surface area contributed by atoms with Crippen molar-refractivity contribution in [3.8, 4) is 28.8 Å². The zero-order valence-corrected chi connectivity index (χ0v) is 28.9. The summed E-state index contributed by atoms with van der Waals surface area (Å²) in [7, 11) is -12.7. The Morgan fingerprint density at radius 1 is 0.811 bits per heavy atom. The van der Waals surface area contributed by atoms with E-state index in [1.54, 1.807) is 0 Å². The fourth-order valence-electron chi connectivity index (χ4n) is 4.72. The molecular weight excluding hydrogens is 769 g/mol. The van der Waals surface area contributed by atoms with Crippen LogP contribution in [0.2, 0.25) is 0 Å². The van der Waals surface area contributed by atoms with Gasteiger partial charge >= 0.3 is 5.97 Å². The summed E-state index contributed by atoms with van der Waals surface area (Å²) < 4.78 is 97.1. The van der Waals surface area contributed by atoms with E-state index in [9.17, 15) is 59.6 Å². The number of sulfone groups is 1. The third-order valence-electron chi connectivity index (χ3n) is 7.21. The van der Waals surface area contributed by atoms with E-state index in [1.807, 2.05) is 0 Å². The van der Waals surface area contributed by atoms with Crippen molar-refractivity contribution in [1.82, 2.24) is 9.78 Å². The first-order valence-electron chi connectivity index (χ1n) is 14.3. The maximum atomic E-state index is 12.5. The van der Waals surface area contributed by atoms with Crippen molar-refractivity contribution < 1.29 is 69.4 Å². The van der Waals surface area contributed by atoms with Crippen LogP contribution in [0.25, 0.3) is 16.5 Å². The van der Waals surface area contributed by atoms with Crippen LogP contribution in [0.15, 0.2) is 95.8 Å². The number of carbonyl (C=O) groups is 1. The van der Waals surface area contributed by atoms with E-state index in [2.05, 4.69) is 25.6 Å². The zero-order chi connectivity index (χ0) is 39.0. The summed E-state index contributed by atoms with van der Waals surface area (Å²) in [6.45, 7) is -0.730. The SMILES string of the molecule is COc1cc(N=Nc2c(S(=O)(=O)O)cc3ccc(N=Nc4c(C(=O)O)nn(-c5ccc(S(=O)(=O)O)cc5)c4O)cc3c2O)c(O)cc1S(=O)(=O)CCO.